The number of amides is 1. The van der Waals surface area contributed by atoms with Crippen molar-refractivity contribution >= 4 is 5.91 Å². The van der Waals surface area contributed by atoms with Gasteiger partial charge in [0.1, 0.15) is 0 Å². The molecule has 0 heterocycles. The summed E-state index contributed by atoms with van der Waals surface area (Å²) in [4.78, 5) is 12.3. The molecule has 1 aliphatic rings. The molecule has 2 rings (SSSR count). The summed E-state index contributed by atoms with van der Waals surface area (Å²) in [5, 5.41) is 12.5. The number of aliphatic hydroxyl groups is 1. The molecule has 2 N–H and O–H groups in total. The van der Waals surface area contributed by atoms with Gasteiger partial charge in [-0.15, -0.1) is 0 Å². The lowest BCUT2D eigenvalue weighted by Crippen LogP contribution is -2.50. The SMILES string of the molecule is CC(C)(C)c1ccc(C(=O)NC(C)(CO)C2CC2)cc1. The monoisotopic (exact) mass is 275 g/mol. The lowest BCUT2D eigenvalue weighted by molar-refractivity contribution is 0.0824. The Morgan fingerprint density at radius 2 is 1.75 bits per heavy atom. The Kier molecular flexibility index (Phi) is 3.92. The molecule has 1 saturated carbocycles. The molecule has 0 aromatic heterocycles. The van der Waals surface area contributed by atoms with Gasteiger partial charge in [0, 0.05) is 5.56 Å². The highest BCUT2D eigenvalue weighted by atomic mass is 16.3. The zero-order valence-electron chi connectivity index (χ0n) is 12.9. The Labute approximate surface area is 121 Å². The third-order valence-electron chi connectivity index (χ3n) is 4.22. The van der Waals surface area contributed by atoms with Gasteiger partial charge in [-0.2, -0.15) is 0 Å². The van der Waals surface area contributed by atoms with Gasteiger partial charge >= 0.3 is 0 Å². The first-order chi connectivity index (χ1) is 9.26. The Morgan fingerprint density at radius 3 is 2.15 bits per heavy atom. The summed E-state index contributed by atoms with van der Waals surface area (Å²) in [6, 6.07) is 7.73. The maximum Gasteiger partial charge on any atom is 0.251 e. The number of rotatable bonds is 4. The Hall–Kier alpha value is -1.35. The van der Waals surface area contributed by atoms with E-state index in [0.29, 0.717) is 11.5 Å². The number of hydrogen-bond acceptors (Lipinski definition) is 2. The molecule has 0 radical (unpaired) electrons. The van der Waals surface area contributed by atoms with Crippen LogP contribution >= 0.6 is 0 Å². The van der Waals surface area contributed by atoms with E-state index in [1.54, 1.807) is 0 Å². The van der Waals surface area contributed by atoms with Crippen molar-refractivity contribution in [1.82, 2.24) is 5.32 Å². The highest BCUT2D eigenvalue weighted by Crippen LogP contribution is 2.39. The first-order valence-electron chi connectivity index (χ1n) is 7.30. The van der Waals surface area contributed by atoms with Crippen LogP contribution in [0.25, 0.3) is 0 Å². The third kappa shape index (κ3) is 3.21. The quantitative estimate of drug-likeness (QED) is 0.887. The Bertz CT molecular complexity index is 483. The van der Waals surface area contributed by atoms with Crippen molar-refractivity contribution in [3.8, 4) is 0 Å². The van der Waals surface area contributed by atoms with Crippen molar-refractivity contribution in [2.24, 2.45) is 5.92 Å². The van der Waals surface area contributed by atoms with Crippen LogP contribution < -0.4 is 5.32 Å². The standard InChI is InChI=1S/C17H25NO2/c1-16(2,3)13-7-5-12(6-8-13)15(20)18-17(4,11-19)14-9-10-14/h5-8,14,19H,9-11H2,1-4H3,(H,18,20). The van der Waals surface area contributed by atoms with Crippen LogP contribution in [-0.4, -0.2) is 23.2 Å². The summed E-state index contributed by atoms with van der Waals surface area (Å²) in [5.74, 6) is 0.305. The lowest BCUT2D eigenvalue weighted by atomic mass is 9.86. The topological polar surface area (TPSA) is 49.3 Å². The number of nitrogens with one attached hydrogen (secondary N) is 1. The van der Waals surface area contributed by atoms with E-state index in [4.69, 9.17) is 0 Å². The largest absolute Gasteiger partial charge is 0.394 e. The molecule has 0 bridgehead atoms. The van der Waals surface area contributed by atoms with Gasteiger partial charge in [0.05, 0.1) is 12.1 Å². The molecule has 0 spiro atoms. The lowest BCUT2D eigenvalue weighted by Gasteiger charge is -2.29. The molecule has 1 fully saturated rings. The second-order valence-electron chi connectivity index (χ2n) is 7.13. The second kappa shape index (κ2) is 5.21. The predicted octanol–water partition coefficient (Wildman–Crippen LogP) is 2.87. The van der Waals surface area contributed by atoms with Gasteiger partial charge in [-0.3, -0.25) is 4.79 Å². The Balaban J connectivity index is 2.09. The van der Waals surface area contributed by atoms with E-state index >= 15 is 0 Å². The molecule has 110 valence electrons. The molecular weight excluding hydrogens is 250 g/mol. The van der Waals surface area contributed by atoms with Crippen molar-refractivity contribution in [3.05, 3.63) is 35.4 Å². The molecule has 1 aromatic rings. The normalized spacial score (nSPS) is 18.4. The first-order valence-corrected chi connectivity index (χ1v) is 7.30. The summed E-state index contributed by atoms with van der Waals surface area (Å²) in [6.45, 7) is 8.36. The maximum absolute atomic E-state index is 12.3. The van der Waals surface area contributed by atoms with Crippen LogP contribution in [0.3, 0.4) is 0 Å². The molecule has 0 saturated heterocycles. The van der Waals surface area contributed by atoms with E-state index in [-0.39, 0.29) is 17.9 Å². The van der Waals surface area contributed by atoms with Gasteiger partial charge in [-0.05, 0) is 48.8 Å². The number of benzene rings is 1. The van der Waals surface area contributed by atoms with Crippen LogP contribution in [0, 0.1) is 5.92 Å². The molecule has 20 heavy (non-hydrogen) atoms. The zero-order valence-corrected chi connectivity index (χ0v) is 12.9. The average molecular weight is 275 g/mol. The third-order valence-corrected chi connectivity index (χ3v) is 4.22. The van der Waals surface area contributed by atoms with E-state index in [9.17, 15) is 9.90 Å². The van der Waals surface area contributed by atoms with Gasteiger partial charge in [0.25, 0.3) is 5.91 Å². The minimum absolute atomic E-state index is 0.0104. The fraction of sp³-hybridized carbons (Fsp3) is 0.588. The zero-order chi connectivity index (χ0) is 15.0. The average Bonchev–Trinajstić information content (AvgIpc) is 3.22. The summed E-state index contributed by atoms with van der Waals surface area (Å²) in [6.07, 6.45) is 2.17. The van der Waals surface area contributed by atoms with Crippen LogP contribution in [0.1, 0.15) is 56.5 Å². The van der Waals surface area contributed by atoms with E-state index in [2.05, 4.69) is 26.1 Å². The molecule has 1 aromatic carbocycles. The van der Waals surface area contributed by atoms with Crippen LogP contribution in [0.5, 0.6) is 0 Å². The maximum atomic E-state index is 12.3. The minimum Gasteiger partial charge on any atom is -0.394 e. The van der Waals surface area contributed by atoms with Crippen LogP contribution in [-0.2, 0) is 5.41 Å². The van der Waals surface area contributed by atoms with E-state index in [1.165, 1.54) is 5.56 Å². The summed E-state index contributed by atoms with van der Waals surface area (Å²) >= 11 is 0. The van der Waals surface area contributed by atoms with Crippen molar-refractivity contribution in [1.29, 1.82) is 0 Å². The molecule has 0 aliphatic heterocycles. The Morgan fingerprint density at radius 1 is 1.20 bits per heavy atom. The highest BCUT2D eigenvalue weighted by molar-refractivity contribution is 5.94. The fourth-order valence-corrected chi connectivity index (χ4v) is 2.44. The van der Waals surface area contributed by atoms with Crippen LogP contribution in [0.2, 0.25) is 0 Å². The van der Waals surface area contributed by atoms with Gasteiger partial charge in [0.2, 0.25) is 0 Å². The van der Waals surface area contributed by atoms with Gasteiger partial charge in [0.15, 0.2) is 0 Å². The van der Waals surface area contributed by atoms with Crippen molar-refractivity contribution < 1.29 is 9.90 Å². The summed E-state index contributed by atoms with van der Waals surface area (Å²) in [5.41, 5.74) is 1.46. The molecule has 3 heteroatoms. The molecule has 1 unspecified atom stereocenters. The first kappa shape index (κ1) is 15.0. The number of aliphatic hydroxyl groups excluding tert-OH is 1. The summed E-state index contributed by atoms with van der Waals surface area (Å²) in [7, 11) is 0. The summed E-state index contributed by atoms with van der Waals surface area (Å²) < 4.78 is 0. The highest BCUT2D eigenvalue weighted by Gasteiger charge is 2.42. The van der Waals surface area contributed by atoms with Crippen molar-refractivity contribution in [2.75, 3.05) is 6.61 Å². The van der Waals surface area contributed by atoms with Gasteiger partial charge in [-0.25, -0.2) is 0 Å². The molecule has 1 amide bonds. The number of hydrogen-bond donors (Lipinski definition) is 2. The van der Waals surface area contributed by atoms with E-state index in [1.807, 2.05) is 31.2 Å². The second-order valence-corrected chi connectivity index (χ2v) is 7.13. The predicted molar refractivity (Wildman–Crippen MR) is 80.8 cm³/mol. The van der Waals surface area contributed by atoms with Crippen molar-refractivity contribution in [2.45, 2.75) is 51.5 Å². The fourth-order valence-electron chi connectivity index (χ4n) is 2.44. The van der Waals surface area contributed by atoms with E-state index in [0.717, 1.165) is 12.8 Å². The van der Waals surface area contributed by atoms with Crippen LogP contribution in [0.4, 0.5) is 0 Å². The molecule has 3 nitrogen and oxygen atoms in total. The van der Waals surface area contributed by atoms with Gasteiger partial charge in [-0.1, -0.05) is 32.9 Å². The molecular formula is C17H25NO2. The van der Waals surface area contributed by atoms with Crippen molar-refractivity contribution in [3.63, 3.8) is 0 Å². The van der Waals surface area contributed by atoms with Gasteiger partial charge < -0.3 is 10.4 Å². The number of carbonyl (C=O) groups is 1. The molecule has 1 aliphatic carbocycles. The smallest absolute Gasteiger partial charge is 0.251 e. The number of carbonyl (C=O) groups excluding carboxylic acids is 1. The minimum atomic E-state index is -0.486. The molecule has 1 atom stereocenters. The van der Waals surface area contributed by atoms with Crippen LogP contribution in [0.15, 0.2) is 24.3 Å². The van der Waals surface area contributed by atoms with E-state index < -0.39 is 5.54 Å².